The quantitative estimate of drug-likeness (QED) is 0.403. The van der Waals surface area contributed by atoms with Crippen molar-refractivity contribution in [1.82, 2.24) is 5.48 Å². The largest absolute Gasteiger partial charge is 0.444 e. The maximum Gasteiger partial charge on any atom is 0.414 e. The Morgan fingerprint density at radius 1 is 1.39 bits per heavy atom. The van der Waals surface area contributed by atoms with Crippen molar-refractivity contribution in [2.24, 2.45) is 0 Å². The van der Waals surface area contributed by atoms with Gasteiger partial charge >= 0.3 is 6.09 Å². The Bertz CT molecular complexity index is 901. The van der Waals surface area contributed by atoms with Crippen LogP contribution in [0.2, 0.25) is 0 Å². The van der Waals surface area contributed by atoms with Crippen LogP contribution >= 0.6 is 0 Å². The molecule has 152 valence electrons. The number of anilines is 1. The van der Waals surface area contributed by atoms with Gasteiger partial charge in [0.05, 0.1) is 6.54 Å². The standard InChI is InChI=1S/C19H24N2O6S/c1-4-5-6-7-14-8-10-15(11-9-14)21-13-16(27-18(21)23)12-19(2,17(22)20-24)28(3,25)26/h8-11,16,24H,6-7,12-13H2,1-3H3,(H,20,22)/t16-,19+/m0/s1. The Morgan fingerprint density at radius 2 is 2.04 bits per heavy atom. The van der Waals surface area contributed by atoms with Crippen molar-refractivity contribution >= 4 is 27.5 Å². The van der Waals surface area contributed by atoms with Crippen LogP contribution in [0.4, 0.5) is 10.5 Å². The van der Waals surface area contributed by atoms with Gasteiger partial charge < -0.3 is 4.74 Å². The molecule has 9 heteroatoms. The Labute approximate surface area is 164 Å². The van der Waals surface area contributed by atoms with Crippen LogP contribution in [0.5, 0.6) is 0 Å². The zero-order valence-electron chi connectivity index (χ0n) is 16.1. The molecule has 1 aromatic rings. The first-order chi connectivity index (χ1) is 13.1. The maximum atomic E-state index is 12.2. The van der Waals surface area contributed by atoms with Crippen LogP contribution in [0.3, 0.4) is 0 Å². The molecule has 0 radical (unpaired) electrons. The fraction of sp³-hybridized carbons (Fsp3) is 0.474. The maximum absolute atomic E-state index is 12.2. The summed E-state index contributed by atoms with van der Waals surface area (Å²) in [4.78, 5) is 25.6. The molecule has 2 atom stereocenters. The Hall–Kier alpha value is -2.57. The number of sulfone groups is 1. The van der Waals surface area contributed by atoms with E-state index in [1.807, 2.05) is 12.1 Å². The third kappa shape index (κ3) is 4.64. The van der Waals surface area contributed by atoms with Crippen LogP contribution in [0.25, 0.3) is 0 Å². The molecule has 0 aromatic heterocycles. The van der Waals surface area contributed by atoms with Crippen LogP contribution in [0.15, 0.2) is 24.3 Å². The van der Waals surface area contributed by atoms with Gasteiger partial charge in [0.1, 0.15) is 6.10 Å². The van der Waals surface area contributed by atoms with E-state index in [0.717, 1.165) is 24.7 Å². The van der Waals surface area contributed by atoms with Gasteiger partial charge in [-0.2, -0.15) is 0 Å². The molecule has 1 aromatic carbocycles. The van der Waals surface area contributed by atoms with Gasteiger partial charge in [0.25, 0.3) is 5.91 Å². The van der Waals surface area contributed by atoms with Gasteiger partial charge in [-0.3, -0.25) is 14.9 Å². The molecule has 2 rings (SSSR count). The summed E-state index contributed by atoms with van der Waals surface area (Å²) < 4.78 is 27.5. The first kappa shape index (κ1) is 21.7. The molecular weight excluding hydrogens is 384 g/mol. The number of nitrogens with zero attached hydrogens (tertiary/aromatic N) is 1. The minimum atomic E-state index is -3.87. The van der Waals surface area contributed by atoms with Gasteiger partial charge in [-0.25, -0.2) is 18.7 Å². The van der Waals surface area contributed by atoms with Crippen molar-refractivity contribution in [1.29, 1.82) is 0 Å². The number of benzene rings is 1. The lowest BCUT2D eigenvalue weighted by Crippen LogP contribution is -2.51. The summed E-state index contributed by atoms with van der Waals surface area (Å²) in [7, 11) is -3.87. The highest BCUT2D eigenvalue weighted by atomic mass is 32.2. The molecule has 0 saturated carbocycles. The van der Waals surface area contributed by atoms with Gasteiger partial charge in [0, 0.05) is 24.8 Å². The summed E-state index contributed by atoms with van der Waals surface area (Å²) in [6.07, 6.45) is 0.753. The third-order valence-electron chi connectivity index (χ3n) is 4.85. The lowest BCUT2D eigenvalue weighted by molar-refractivity contribution is -0.132. The van der Waals surface area contributed by atoms with E-state index in [2.05, 4.69) is 11.8 Å². The average molecular weight is 408 g/mol. The monoisotopic (exact) mass is 408 g/mol. The van der Waals surface area contributed by atoms with Crippen LogP contribution in [-0.2, 0) is 25.8 Å². The number of aryl methyl sites for hydroxylation is 1. The van der Waals surface area contributed by atoms with E-state index >= 15 is 0 Å². The number of carbonyl (C=O) groups is 2. The van der Waals surface area contributed by atoms with Crippen LogP contribution in [-0.4, -0.2) is 49.3 Å². The highest BCUT2D eigenvalue weighted by molar-refractivity contribution is 7.92. The predicted molar refractivity (Wildman–Crippen MR) is 104 cm³/mol. The second-order valence-electron chi connectivity index (χ2n) is 6.86. The summed E-state index contributed by atoms with van der Waals surface area (Å²) in [5.74, 6) is 4.77. The van der Waals surface area contributed by atoms with E-state index in [4.69, 9.17) is 9.94 Å². The van der Waals surface area contributed by atoms with Crippen molar-refractivity contribution in [3.63, 3.8) is 0 Å². The third-order valence-corrected chi connectivity index (χ3v) is 6.84. The van der Waals surface area contributed by atoms with Crippen LogP contribution in [0, 0.1) is 11.8 Å². The summed E-state index contributed by atoms with van der Waals surface area (Å²) in [6, 6.07) is 7.36. The second kappa shape index (κ2) is 8.63. The normalized spacial score (nSPS) is 18.6. The fourth-order valence-electron chi connectivity index (χ4n) is 2.98. The average Bonchev–Trinajstić information content (AvgIpc) is 3.00. The van der Waals surface area contributed by atoms with Gasteiger partial charge in [-0.1, -0.05) is 12.1 Å². The number of ether oxygens (including phenoxy) is 1. The zero-order valence-corrected chi connectivity index (χ0v) is 16.9. The number of amides is 2. The Balaban J connectivity index is 2.12. The summed E-state index contributed by atoms with van der Waals surface area (Å²) in [5, 5.41) is 8.90. The first-order valence-electron chi connectivity index (χ1n) is 8.73. The molecule has 1 saturated heterocycles. The number of hydrogen-bond donors (Lipinski definition) is 2. The number of cyclic esters (lactones) is 1. The van der Waals surface area contributed by atoms with Crippen LogP contribution < -0.4 is 10.4 Å². The summed E-state index contributed by atoms with van der Waals surface area (Å²) in [5.41, 5.74) is 3.08. The lowest BCUT2D eigenvalue weighted by atomic mass is 10.0. The van der Waals surface area contributed by atoms with Gasteiger partial charge in [0.15, 0.2) is 14.6 Å². The van der Waals surface area contributed by atoms with E-state index in [1.165, 1.54) is 17.3 Å². The molecule has 0 unspecified atom stereocenters. The molecule has 0 aliphatic carbocycles. The molecule has 2 N–H and O–H groups in total. The number of nitrogens with one attached hydrogen (secondary N) is 1. The molecule has 0 spiro atoms. The molecule has 2 amide bonds. The molecule has 1 heterocycles. The highest BCUT2D eigenvalue weighted by Gasteiger charge is 2.48. The zero-order chi connectivity index (χ0) is 20.9. The molecule has 1 aliphatic rings. The van der Waals surface area contributed by atoms with E-state index in [0.29, 0.717) is 5.69 Å². The molecule has 1 fully saturated rings. The van der Waals surface area contributed by atoms with Crippen molar-refractivity contribution in [3.8, 4) is 11.8 Å². The van der Waals surface area contributed by atoms with E-state index in [9.17, 15) is 18.0 Å². The first-order valence-corrected chi connectivity index (χ1v) is 10.6. The molecular formula is C19H24N2O6S. The summed E-state index contributed by atoms with van der Waals surface area (Å²) >= 11 is 0. The Kier molecular flexibility index (Phi) is 6.69. The number of rotatable bonds is 7. The molecule has 0 bridgehead atoms. The van der Waals surface area contributed by atoms with Crippen LogP contribution in [0.1, 0.15) is 32.3 Å². The van der Waals surface area contributed by atoms with E-state index in [1.54, 1.807) is 19.1 Å². The molecule has 8 nitrogen and oxygen atoms in total. The summed E-state index contributed by atoms with van der Waals surface area (Å²) in [6.45, 7) is 3.08. The van der Waals surface area contributed by atoms with Crippen molar-refractivity contribution in [2.75, 3.05) is 17.7 Å². The SMILES string of the molecule is CC#CCCc1ccc(N2C[C@H](C[C@](C)(C(=O)NO)S(C)(=O)=O)OC2=O)cc1. The Morgan fingerprint density at radius 3 is 2.57 bits per heavy atom. The smallest absolute Gasteiger partial charge is 0.414 e. The van der Waals surface area contributed by atoms with Gasteiger partial charge in [0.2, 0.25) is 0 Å². The van der Waals surface area contributed by atoms with E-state index in [-0.39, 0.29) is 13.0 Å². The minimum Gasteiger partial charge on any atom is -0.444 e. The lowest BCUT2D eigenvalue weighted by Gasteiger charge is -2.26. The number of hydrogen-bond acceptors (Lipinski definition) is 6. The van der Waals surface area contributed by atoms with Gasteiger partial charge in [-0.15, -0.1) is 11.8 Å². The minimum absolute atomic E-state index is 0.101. The van der Waals surface area contributed by atoms with E-state index < -0.39 is 32.7 Å². The second-order valence-corrected chi connectivity index (χ2v) is 9.30. The van der Waals surface area contributed by atoms with Crippen molar-refractivity contribution < 1.29 is 28.0 Å². The van der Waals surface area contributed by atoms with Crippen molar-refractivity contribution in [3.05, 3.63) is 29.8 Å². The number of hydroxylamine groups is 1. The van der Waals surface area contributed by atoms with Crippen molar-refractivity contribution in [2.45, 2.75) is 44.0 Å². The highest BCUT2D eigenvalue weighted by Crippen LogP contribution is 2.30. The predicted octanol–water partition coefficient (Wildman–Crippen LogP) is 1.67. The fourth-order valence-corrected chi connectivity index (χ4v) is 3.85. The molecule has 1 aliphatic heterocycles. The van der Waals surface area contributed by atoms with Gasteiger partial charge in [-0.05, 0) is 38.0 Å². The number of carbonyl (C=O) groups excluding carboxylic acids is 2. The topological polar surface area (TPSA) is 113 Å². The molecule has 28 heavy (non-hydrogen) atoms.